The van der Waals surface area contributed by atoms with Crippen molar-refractivity contribution < 1.29 is 9.53 Å². The van der Waals surface area contributed by atoms with Crippen molar-refractivity contribution in [2.75, 3.05) is 7.11 Å². The quantitative estimate of drug-likeness (QED) is 0.485. The molecule has 1 amide bonds. The summed E-state index contributed by atoms with van der Waals surface area (Å²) in [4.78, 5) is 17.1. The number of aryl methyl sites for hydroxylation is 1. The van der Waals surface area contributed by atoms with Gasteiger partial charge in [-0.05, 0) is 36.1 Å². The number of hydrogen-bond donors (Lipinski definition) is 0. The third-order valence-electron chi connectivity index (χ3n) is 4.05. The van der Waals surface area contributed by atoms with Crippen molar-refractivity contribution in [1.82, 2.24) is 4.90 Å². The Labute approximate surface area is 166 Å². The standard InChI is InChI=1S/C20H20ClNO2S2/c1-24-18-7-3-2-5-15(18)13-22(14-17-6-4-12-25-17)20(23)11-9-16-8-10-19(21)26-16/h2-8,10,12H,9,11,13-14H2,1H3. The van der Waals surface area contributed by atoms with E-state index in [2.05, 4.69) is 6.07 Å². The zero-order valence-corrected chi connectivity index (χ0v) is 16.9. The summed E-state index contributed by atoms with van der Waals surface area (Å²) in [6.45, 7) is 1.14. The van der Waals surface area contributed by atoms with Crippen molar-refractivity contribution >= 4 is 40.2 Å². The van der Waals surface area contributed by atoms with Crippen molar-refractivity contribution in [2.24, 2.45) is 0 Å². The minimum atomic E-state index is 0.133. The van der Waals surface area contributed by atoms with Gasteiger partial charge >= 0.3 is 0 Å². The highest BCUT2D eigenvalue weighted by molar-refractivity contribution is 7.16. The maximum Gasteiger partial charge on any atom is 0.223 e. The summed E-state index contributed by atoms with van der Waals surface area (Å²) >= 11 is 9.18. The van der Waals surface area contributed by atoms with Gasteiger partial charge in [-0.15, -0.1) is 22.7 Å². The van der Waals surface area contributed by atoms with E-state index in [0.29, 0.717) is 25.9 Å². The highest BCUT2D eigenvalue weighted by atomic mass is 35.5. The Kier molecular flexibility index (Phi) is 6.72. The van der Waals surface area contributed by atoms with Gasteiger partial charge in [0, 0.05) is 28.3 Å². The molecule has 0 atom stereocenters. The van der Waals surface area contributed by atoms with Crippen molar-refractivity contribution in [1.29, 1.82) is 0 Å². The lowest BCUT2D eigenvalue weighted by Crippen LogP contribution is -2.30. The second kappa shape index (κ2) is 9.21. The number of benzene rings is 1. The fourth-order valence-electron chi connectivity index (χ4n) is 2.74. The van der Waals surface area contributed by atoms with E-state index in [0.717, 1.165) is 20.5 Å². The van der Waals surface area contributed by atoms with E-state index in [1.165, 1.54) is 16.2 Å². The Hall–Kier alpha value is -1.82. The van der Waals surface area contributed by atoms with E-state index in [4.69, 9.17) is 16.3 Å². The minimum Gasteiger partial charge on any atom is -0.496 e. The number of hydrogen-bond acceptors (Lipinski definition) is 4. The molecule has 26 heavy (non-hydrogen) atoms. The Morgan fingerprint density at radius 3 is 2.62 bits per heavy atom. The lowest BCUT2D eigenvalue weighted by molar-refractivity contribution is -0.132. The van der Waals surface area contributed by atoms with Crippen molar-refractivity contribution in [3.05, 3.63) is 73.6 Å². The van der Waals surface area contributed by atoms with Gasteiger partial charge in [0.15, 0.2) is 0 Å². The molecule has 0 radical (unpaired) electrons. The summed E-state index contributed by atoms with van der Waals surface area (Å²) in [5.41, 5.74) is 1.01. The van der Waals surface area contributed by atoms with E-state index in [1.54, 1.807) is 18.4 Å². The molecule has 1 aromatic carbocycles. The van der Waals surface area contributed by atoms with Crippen LogP contribution in [-0.4, -0.2) is 17.9 Å². The maximum absolute atomic E-state index is 12.9. The number of carbonyl (C=O) groups is 1. The minimum absolute atomic E-state index is 0.133. The van der Waals surface area contributed by atoms with Crippen LogP contribution in [0.2, 0.25) is 4.34 Å². The fourth-order valence-corrected chi connectivity index (χ4v) is 4.54. The Morgan fingerprint density at radius 1 is 1.08 bits per heavy atom. The molecule has 0 aliphatic carbocycles. The molecule has 0 N–H and O–H groups in total. The molecule has 0 unspecified atom stereocenters. The first-order valence-electron chi connectivity index (χ1n) is 8.32. The van der Waals surface area contributed by atoms with Gasteiger partial charge in [-0.2, -0.15) is 0 Å². The first kappa shape index (κ1) is 19.0. The number of methoxy groups -OCH3 is 1. The molecule has 3 rings (SSSR count). The van der Waals surface area contributed by atoms with Crippen molar-refractivity contribution in [3.63, 3.8) is 0 Å². The van der Waals surface area contributed by atoms with Crippen LogP contribution in [0, 0.1) is 0 Å². The van der Waals surface area contributed by atoms with E-state index in [9.17, 15) is 4.79 Å². The second-order valence-electron chi connectivity index (χ2n) is 5.85. The van der Waals surface area contributed by atoms with Crippen LogP contribution in [0.4, 0.5) is 0 Å². The van der Waals surface area contributed by atoms with Crippen LogP contribution >= 0.6 is 34.3 Å². The van der Waals surface area contributed by atoms with Crippen molar-refractivity contribution in [3.8, 4) is 5.75 Å². The first-order valence-corrected chi connectivity index (χ1v) is 10.4. The summed E-state index contributed by atoms with van der Waals surface area (Å²) < 4.78 is 6.21. The van der Waals surface area contributed by atoms with Crippen LogP contribution < -0.4 is 4.74 Å². The molecule has 0 spiro atoms. The number of carbonyl (C=O) groups excluding carboxylic acids is 1. The summed E-state index contributed by atoms with van der Waals surface area (Å²) in [7, 11) is 1.66. The molecule has 2 aromatic heterocycles. The Bertz CT molecular complexity index is 845. The average molecular weight is 406 g/mol. The normalized spacial score (nSPS) is 10.7. The topological polar surface area (TPSA) is 29.5 Å². The molecule has 6 heteroatoms. The van der Waals surface area contributed by atoms with Gasteiger partial charge in [0.25, 0.3) is 0 Å². The molecular formula is C20H20ClNO2S2. The molecule has 0 saturated carbocycles. The molecule has 0 aliphatic rings. The number of amides is 1. The number of rotatable bonds is 8. The van der Waals surface area contributed by atoms with Gasteiger partial charge in [-0.25, -0.2) is 0 Å². The smallest absolute Gasteiger partial charge is 0.223 e. The van der Waals surface area contributed by atoms with Crippen LogP contribution in [0.25, 0.3) is 0 Å². The largest absolute Gasteiger partial charge is 0.496 e. The molecule has 0 fully saturated rings. The maximum atomic E-state index is 12.9. The van der Waals surface area contributed by atoms with Crippen LogP contribution in [0.15, 0.2) is 53.9 Å². The number of halogens is 1. The third kappa shape index (κ3) is 5.10. The molecule has 0 saturated heterocycles. The predicted molar refractivity (Wildman–Crippen MR) is 109 cm³/mol. The van der Waals surface area contributed by atoms with Crippen molar-refractivity contribution in [2.45, 2.75) is 25.9 Å². The molecule has 2 heterocycles. The second-order valence-corrected chi connectivity index (χ2v) is 8.68. The zero-order valence-electron chi connectivity index (χ0n) is 14.5. The summed E-state index contributed by atoms with van der Waals surface area (Å²) in [6.07, 6.45) is 1.18. The zero-order chi connectivity index (χ0) is 18.4. The molecule has 136 valence electrons. The van der Waals surface area contributed by atoms with Crippen LogP contribution in [-0.2, 0) is 24.3 Å². The molecule has 0 aliphatic heterocycles. The van der Waals surface area contributed by atoms with E-state index in [-0.39, 0.29) is 5.91 Å². The van der Waals surface area contributed by atoms with E-state index >= 15 is 0 Å². The number of nitrogens with zero attached hydrogens (tertiary/aromatic N) is 1. The van der Waals surface area contributed by atoms with E-state index < -0.39 is 0 Å². The third-order valence-corrected chi connectivity index (χ3v) is 6.20. The van der Waals surface area contributed by atoms with Gasteiger partial charge in [-0.1, -0.05) is 35.9 Å². The highest BCUT2D eigenvalue weighted by Crippen LogP contribution is 2.25. The lowest BCUT2D eigenvalue weighted by Gasteiger charge is -2.23. The predicted octanol–water partition coefficient (Wildman–Crippen LogP) is 5.63. The van der Waals surface area contributed by atoms with Crippen LogP contribution in [0.1, 0.15) is 21.7 Å². The van der Waals surface area contributed by atoms with Gasteiger partial charge in [0.2, 0.25) is 5.91 Å². The Balaban J connectivity index is 1.72. The van der Waals surface area contributed by atoms with Gasteiger partial charge in [-0.3, -0.25) is 4.79 Å². The lowest BCUT2D eigenvalue weighted by atomic mass is 10.1. The van der Waals surface area contributed by atoms with Gasteiger partial charge in [0.1, 0.15) is 5.75 Å². The highest BCUT2D eigenvalue weighted by Gasteiger charge is 2.17. The SMILES string of the molecule is COc1ccccc1CN(Cc1cccs1)C(=O)CCc1ccc(Cl)s1. The number of thiophene rings is 2. The van der Waals surface area contributed by atoms with E-state index in [1.807, 2.05) is 52.7 Å². The summed E-state index contributed by atoms with van der Waals surface area (Å²) in [5.74, 6) is 0.940. The molecule has 0 bridgehead atoms. The first-order chi connectivity index (χ1) is 12.7. The number of para-hydroxylation sites is 1. The van der Waals surface area contributed by atoms with Crippen LogP contribution in [0.3, 0.4) is 0 Å². The number of ether oxygens (including phenoxy) is 1. The molecular weight excluding hydrogens is 386 g/mol. The van der Waals surface area contributed by atoms with Gasteiger partial charge < -0.3 is 9.64 Å². The molecule has 3 aromatic rings. The monoisotopic (exact) mass is 405 g/mol. The van der Waals surface area contributed by atoms with Gasteiger partial charge in [0.05, 0.1) is 18.0 Å². The summed E-state index contributed by atoms with van der Waals surface area (Å²) in [6, 6.07) is 15.8. The average Bonchev–Trinajstić information content (AvgIpc) is 3.31. The molecule has 3 nitrogen and oxygen atoms in total. The Morgan fingerprint density at radius 2 is 1.92 bits per heavy atom. The fraction of sp³-hybridized carbons (Fsp3) is 0.250. The van der Waals surface area contributed by atoms with Crippen LogP contribution in [0.5, 0.6) is 5.75 Å². The summed E-state index contributed by atoms with van der Waals surface area (Å²) in [5, 5.41) is 2.04.